The minimum absolute atomic E-state index is 0.310. The van der Waals surface area contributed by atoms with Gasteiger partial charge >= 0.3 is 0 Å². The molecule has 1 atom stereocenters. The topological polar surface area (TPSA) is 21.7 Å². The van der Waals surface area contributed by atoms with E-state index in [4.69, 9.17) is 9.47 Å². The smallest absolute Gasteiger partial charge is 0.0938 e. The van der Waals surface area contributed by atoms with Crippen LogP contribution in [0, 0.1) is 0 Å². The molecule has 70 valence electrons. The van der Waals surface area contributed by atoms with Gasteiger partial charge in [0.05, 0.1) is 25.4 Å². The Morgan fingerprint density at radius 1 is 1.33 bits per heavy atom. The van der Waals surface area contributed by atoms with Crippen LogP contribution in [0.3, 0.4) is 0 Å². The van der Waals surface area contributed by atoms with Crippen LogP contribution in [-0.4, -0.2) is 50.5 Å². The standard InChI is InChI=1S/C9H17NO2/c1-10-4-5-11-7-9(6-10)12-8-2-3-8/h8-9H,2-7H2,1H3. The molecule has 3 heteroatoms. The maximum absolute atomic E-state index is 5.79. The highest BCUT2D eigenvalue weighted by atomic mass is 16.5. The van der Waals surface area contributed by atoms with Gasteiger partial charge in [0.25, 0.3) is 0 Å². The first-order valence-corrected chi connectivity index (χ1v) is 4.76. The van der Waals surface area contributed by atoms with Crippen molar-refractivity contribution in [3.63, 3.8) is 0 Å². The van der Waals surface area contributed by atoms with E-state index >= 15 is 0 Å². The van der Waals surface area contributed by atoms with Crippen LogP contribution in [0.2, 0.25) is 0 Å². The maximum atomic E-state index is 5.79. The predicted molar refractivity (Wildman–Crippen MR) is 46.2 cm³/mol. The summed E-state index contributed by atoms with van der Waals surface area (Å²) in [5.41, 5.74) is 0. The van der Waals surface area contributed by atoms with Gasteiger partial charge in [-0.1, -0.05) is 0 Å². The van der Waals surface area contributed by atoms with Crippen molar-refractivity contribution in [3.05, 3.63) is 0 Å². The molecule has 3 nitrogen and oxygen atoms in total. The van der Waals surface area contributed by atoms with Gasteiger partial charge in [0.1, 0.15) is 0 Å². The SMILES string of the molecule is CN1CCOCC(OC2CC2)C1. The van der Waals surface area contributed by atoms with Crippen LogP contribution in [0.4, 0.5) is 0 Å². The fourth-order valence-electron chi connectivity index (χ4n) is 1.49. The summed E-state index contributed by atoms with van der Waals surface area (Å²) in [5.74, 6) is 0. The molecule has 1 heterocycles. The molecule has 1 saturated heterocycles. The van der Waals surface area contributed by atoms with Crippen LogP contribution in [-0.2, 0) is 9.47 Å². The third-order valence-electron chi connectivity index (χ3n) is 2.35. The van der Waals surface area contributed by atoms with Gasteiger partial charge in [-0.25, -0.2) is 0 Å². The summed E-state index contributed by atoms with van der Waals surface area (Å²) in [5, 5.41) is 0. The van der Waals surface area contributed by atoms with E-state index in [-0.39, 0.29) is 0 Å². The molecule has 0 aromatic rings. The Bertz CT molecular complexity index is 147. The molecule has 0 amide bonds. The summed E-state index contributed by atoms with van der Waals surface area (Å²) in [6.45, 7) is 3.68. The molecular weight excluding hydrogens is 154 g/mol. The van der Waals surface area contributed by atoms with Crippen LogP contribution in [0.25, 0.3) is 0 Å². The Morgan fingerprint density at radius 3 is 2.92 bits per heavy atom. The van der Waals surface area contributed by atoms with Crippen molar-refractivity contribution in [3.8, 4) is 0 Å². The second kappa shape index (κ2) is 3.73. The fourth-order valence-corrected chi connectivity index (χ4v) is 1.49. The molecule has 1 unspecified atom stereocenters. The molecular formula is C9H17NO2. The lowest BCUT2D eigenvalue weighted by molar-refractivity contribution is -0.0140. The van der Waals surface area contributed by atoms with Crippen molar-refractivity contribution in [1.82, 2.24) is 4.90 Å². The molecule has 1 saturated carbocycles. The Kier molecular flexibility index (Phi) is 2.63. The van der Waals surface area contributed by atoms with Crippen molar-refractivity contribution >= 4 is 0 Å². The first-order valence-electron chi connectivity index (χ1n) is 4.76. The predicted octanol–water partition coefficient (Wildman–Crippen LogP) is 0.496. The number of hydrogen-bond acceptors (Lipinski definition) is 3. The third kappa shape index (κ3) is 2.44. The Morgan fingerprint density at radius 2 is 2.17 bits per heavy atom. The van der Waals surface area contributed by atoms with E-state index < -0.39 is 0 Å². The molecule has 2 aliphatic rings. The highest BCUT2D eigenvalue weighted by molar-refractivity contribution is 4.77. The summed E-state index contributed by atoms with van der Waals surface area (Å²) in [4.78, 5) is 2.28. The number of nitrogens with zero attached hydrogens (tertiary/aromatic N) is 1. The van der Waals surface area contributed by atoms with Crippen molar-refractivity contribution in [2.75, 3.05) is 33.4 Å². The molecule has 2 rings (SSSR count). The van der Waals surface area contributed by atoms with Crippen molar-refractivity contribution in [1.29, 1.82) is 0 Å². The average molecular weight is 171 g/mol. The van der Waals surface area contributed by atoms with Crippen LogP contribution >= 0.6 is 0 Å². The molecule has 0 aromatic carbocycles. The van der Waals surface area contributed by atoms with Crippen molar-refractivity contribution < 1.29 is 9.47 Å². The lowest BCUT2D eigenvalue weighted by Crippen LogP contribution is -2.31. The Balaban J connectivity index is 1.77. The second-order valence-corrected chi connectivity index (χ2v) is 3.79. The lowest BCUT2D eigenvalue weighted by atomic mass is 10.3. The lowest BCUT2D eigenvalue weighted by Gasteiger charge is -2.18. The van der Waals surface area contributed by atoms with Gasteiger partial charge in [0.15, 0.2) is 0 Å². The molecule has 2 fully saturated rings. The van der Waals surface area contributed by atoms with E-state index in [1.54, 1.807) is 0 Å². The molecule has 12 heavy (non-hydrogen) atoms. The third-order valence-corrected chi connectivity index (χ3v) is 2.35. The highest BCUT2D eigenvalue weighted by Gasteiger charge is 2.27. The summed E-state index contributed by atoms with van der Waals surface area (Å²) >= 11 is 0. The van der Waals surface area contributed by atoms with Crippen molar-refractivity contribution in [2.45, 2.75) is 25.0 Å². The Hall–Kier alpha value is -0.120. The maximum Gasteiger partial charge on any atom is 0.0938 e. The summed E-state index contributed by atoms with van der Waals surface area (Å²) in [6.07, 6.45) is 3.36. The zero-order valence-corrected chi connectivity index (χ0v) is 7.66. The molecule has 0 spiro atoms. The molecule has 1 aliphatic carbocycles. The monoisotopic (exact) mass is 171 g/mol. The van der Waals surface area contributed by atoms with E-state index in [1.165, 1.54) is 12.8 Å². The molecule has 0 radical (unpaired) electrons. The summed E-state index contributed by atoms with van der Waals surface area (Å²) < 4.78 is 11.2. The van der Waals surface area contributed by atoms with Gasteiger partial charge in [-0.15, -0.1) is 0 Å². The molecule has 0 aromatic heterocycles. The van der Waals surface area contributed by atoms with E-state index in [9.17, 15) is 0 Å². The number of rotatable bonds is 2. The van der Waals surface area contributed by atoms with Crippen LogP contribution in [0.5, 0.6) is 0 Å². The van der Waals surface area contributed by atoms with Gasteiger partial charge in [-0.3, -0.25) is 0 Å². The van der Waals surface area contributed by atoms with Gasteiger partial charge in [-0.05, 0) is 19.9 Å². The van der Waals surface area contributed by atoms with Crippen LogP contribution in [0.15, 0.2) is 0 Å². The van der Waals surface area contributed by atoms with Gasteiger partial charge in [-0.2, -0.15) is 0 Å². The van der Waals surface area contributed by atoms with Gasteiger partial charge in [0.2, 0.25) is 0 Å². The zero-order valence-electron chi connectivity index (χ0n) is 7.66. The van der Waals surface area contributed by atoms with Gasteiger partial charge < -0.3 is 14.4 Å². The largest absolute Gasteiger partial charge is 0.377 e. The minimum Gasteiger partial charge on any atom is -0.377 e. The van der Waals surface area contributed by atoms with Crippen LogP contribution < -0.4 is 0 Å². The van der Waals surface area contributed by atoms with Gasteiger partial charge in [0, 0.05) is 13.1 Å². The summed E-state index contributed by atoms with van der Waals surface area (Å²) in [7, 11) is 2.12. The van der Waals surface area contributed by atoms with E-state index in [1.807, 2.05) is 0 Å². The zero-order chi connectivity index (χ0) is 8.39. The Labute approximate surface area is 73.6 Å². The highest BCUT2D eigenvalue weighted by Crippen LogP contribution is 2.25. The van der Waals surface area contributed by atoms with E-state index in [0.717, 1.165) is 26.3 Å². The first kappa shape index (κ1) is 8.48. The van der Waals surface area contributed by atoms with Crippen LogP contribution in [0.1, 0.15) is 12.8 Å². The summed E-state index contributed by atoms with van der Waals surface area (Å²) in [6, 6.07) is 0. The number of hydrogen-bond donors (Lipinski definition) is 0. The molecule has 0 N–H and O–H groups in total. The minimum atomic E-state index is 0.310. The quantitative estimate of drug-likeness (QED) is 0.604. The molecule has 0 bridgehead atoms. The van der Waals surface area contributed by atoms with E-state index in [0.29, 0.717) is 12.2 Å². The average Bonchev–Trinajstić information content (AvgIpc) is 2.80. The molecule has 1 aliphatic heterocycles. The van der Waals surface area contributed by atoms with E-state index in [2.05, 4.69) is 11.9 Å². The van der Waals surface area contributed by atoms with Crippen molar-refractivity contribution in [2.24, 2.45) is 0 Å². The fraction of sp³-hybridized carbons (Fsp3) is 1.00. The normalized spacial score (nSPS) is 33.2. The second-order valence-electron chi connectivity index (χ2n) is 3.79. The number of ether oxygens (including phenoxy) is 2. The first-order chi connectivity index (χ1) is 5.84. The number of likely N-dealkylation sites (N-methyl/N-ethyl adjacent to an activating group) is 1.